The van der Waals surface area contributed by atoms with Gasteiger partial charge in [-0.1, -0.05) is 48.0 Å². The molecule has 1 aromatic heterocycles. The van der Waals surface area contributed by atoms with Gasteiger partial charge in [0.1, 0.15) is 17.4 Å². The molecule has 1 heterocycles. The normalized spacial score (nSPS) is 10.5. The fourth-order valence-electron chi connectivity index (χ4n) is 2.49. The average molecular weight is 366 g/mol. The first-order valence-electron chi connectivity index (χ1n) is 8.62. The molecular weight excluding hydrogens is 344 g/mol. The fraction of sp³-hybridized carbons (Fsp3) is 0.238. The Morgan fingerprint density at radius 1 is 1.12 bits per heavy atom. The van der Waals surface area contributed by atoms with E-state index < -0.39 is 0 Å². The van der Waals surface area contributed by atoms with E-state index in [1.54, 1.807) is 0 Å². The van der Waals surface area contributed by atoms with Crippen molar-refractivity contribution in [2.24, 2.45) is 0 Å². The van der Waals surface area contributed by atoms with E-state index in [4.69, 9.17) is 4.74 Å². The van der Waals surface area contributed by atoms with Crippen molar-refractivity contribution in [2.45, 2.75) is 26.4 Å². The van der Waals surface area contributed by atoms with Crippen LogP contribution in [0.15, 0.2) is 60.0 Å². The molecule has 0 aliphatic rings. The maximum atomic E-state index is 12.0. The highest BCUT2D eigenvalue weighted by Crippen LogP contribution is 2.16. The van der Waals surface area contributed by atoms with Crippen LogP contribution in [0.5, 0.6) is 5.75 Å². The average Bonchev–Trinajstić information content (AvgIpc) is 3.09. The van der Waals surface area contributed by atoms with Gasteiger partial charge in [-0.3, -0.25) is 4.79 Å². The van der Waals surface area contributed by atoms with E-state index in [9.17, 15) is 4.79 Å². The number of hydrogen-bond acceptors (Lipinski definition) is 4. The number of ether oxygens (including phenoxy) is 1. The number of carbonyl (C=O) groups is 1. The number of benzene rings is 2. The first kappa shape index (κ1) is 18.1. The number of thiazole rings is 1. The van der Waals surface area contributed by atoms with Gasteiger partial charge < -0.3 is 10.1 Å². The second-order valence-electron chi connectivity index (χ2n) is 6.10. The van der Waals surface area contributed by atoms with Gasteiger partial charge in [0.2, 0.25) is 5.91 Å². The number of rotatable bonds is 8. The van der Waals surface area contributed by atoms with Crippen LogP contribution in [0.2, 0.25) is 0 Å². The molecule has 0 fully saturated rings. The zero-order chi connectivity index (χ0) is 18.2. The standard InChI is InChI=1S/C21H22N2O2S/c1-16-7-9-19(10-8-16)25-14-21-23-18(15-26-21)13-20(24)22-12-11-17-5-3-2-4-6-17/h2-10,15H,11-14H2,1H3,(H,22,24). The van der Waals surface area contributed by atoms with Crippen LogP contribution in [0.3, 0.4) is 0 Å². The first-order valence-corrected chi connectivity index (χ1v) is 9.50. The minimum absolute atomic E-state index is 0.00256. The quantitative estimate of drug-likeness (QED) is 0.657. The third-order valence-electron chi connectivity index (χ3n) is 3.90. The van der Waals surface area contributed by atoms with Gasteiger partial charge in [-0.25, -0.2) is 4.98 Å². The molecule has 5 heteroatoms. The van der Waals surface area contributed by atoms with Crippen LogP contribution in [0.1, 0.15) is 21.8 Å². The monoisotopic (exact) mass is 366 g/mol. The van der Waals surface area contributed by atoms with Crippen LogP contribution >= 0.6 is 11.3 Å². The molecule has 0 unspecified atom stereocenters. The van der Waals surface area contributed by atoms with Gasteiger partial charge in [-0.15, -0.1) is 11.3 Å². The van der Waals surface area contributed by atoms with Crippen molar-refractivity contribution in [2.75, 3.05) is 6.54 Å². The number of aryl methyl sites for hydroxylation is 1. The van der Waals surface area contributed by atoms with E-state index >= 15 is 0 Å². The summed E-state index contributed by atoms with van der Waals surface area (Å²) in [6.45, 7) is 3.10. The van der Waals surface area contributed by atoms with Crippen LogP contribution < -0.4 is 10.1 Å². The molecule has 1 amide bonds. The zero-order valence-corrected chi connectivity index (χ0v) is 15.6. The van der Waals surface area contributed by atoms with Gasteiger partial charge in [0.25, 0.3) is 0 Å². The van der Waals surface area contributed by atoms with Gasteiger partial charge in [0.05, 0.1) is 12.1 Å². The summed E-state index contributed by atoms with van der Waals surface area (Å²) in [5.41, 5.74) is 3.21. The Morgan fingerprint density at radius 3 is 2.65 bits per heavy atom. The van der Waals surface area contributed by atoms with Crippen molar-refractivity contribution >= 4 is 17.2 Å². The van der Waals surface area contributed by atoms with Crippen LogP contribution in [-0.4, -0.2) is 17.4 Å². The summed E-state index contributed by atoms with van der Waals surface area (Å²) < 4.78 is 5.73. The van der Waals surface area contributed by atoms with Gasteiger partial charge in [-0.05, 0) is 31.0 Å². The molecule has 3 aromatic rings. The minimum atomic E-state index is -0.00256. The van der Waals surface area contributed by atoms with Crippen LogP contribution in [0.4, 0.5) is 0 Å². The second kappa shape index (κ2) is 9.15. The Balaban J connectivity index is 1.41. The Hall–Kier alpha value is -2.66. The SMILES string of the molecule is Cc1ccc(OCc2nc(CC(=O)NCCc3ccccc3)cs2)cc1. The molecule has 1 N–H and O–H groups in total. The maximum absolute atomic E-state index is 12.0. The van der Waals surface area contributed by atoms with Crippen molar-refractivity contribution in [1.29, 1.82) is 0 Å². The number of nitrogens with one attached hydrogen (secondary N) is 1. The predicted molar refractivity (Wildman–Crippen MR) is 104 cm³/mol. The Kier molecular flexibility index (Phi) is 6.39. The molecule has 2 aromatic carbocycles. The molecule has 3 rings (SSSR count). The molecule has 0 bridgehead atoms. The third kappa shape index (κ3) is 5.70. The van der Waals surface area contributed by atoms with E-state index in [0.717, 1.165) is 22.9 Å². The van der Waals surface area contributed by atoms with E-state index in [1.165, 1.54) is 22.5 Å². The lowest BCUT2D eigenvalue weighted by atomic mass is 10.1. The van der Waals surface area contributed by atoms with Crippen molar-refractivity contribution in [1.82, 2.24) is 10.3 Å². The van der Waals surface area contributed by atoms with Gasteiger partial charge in [0.15, 0.2) is 0 Å². The molecule has 134 valence electrons. The lowest BCUT2D eigenvalue weighted by Gasteiger charge is -2.05. The predicted octanol–water partition coefficient (Wildman–Crippen LogP) is 3.93. The molecule has 0 saturated carbocycles. The lowest BCUT2D eigenvalue weighted by molar-refractivity contribution is -0.120. The van der Waals surface area contributed by atoms with E-state index in [2.05, 4.69) is 22.4 Å². The number of hydrogen-bond donors (Lipinski definition) is 1. The maximum Gasteiger partial charge on any atom is 0.226 e. The molecule has 0 aliphatic carbocycles. The van der Waals surface area contributed by atoms with Crippen molar-refractivity contribution in [3.8, 4) is 5.75 Å². The van der Waals surface area contributed by atoms with E-state index in [0.29, 0.717) is 19.6 Å². The summed E-state index contributed by atoms with van der Waals surface area (Å²) in [5.74, 6) is 0.822. The highest BCUT2D eigenvalue weighted by Gasteiger charge is 2.08. The summed E-state index contributed by atoms with van der Waals surface area (Å²) in [6.07, 6.45) is 1.13. The van der Waals surface area contributed by atoms with E-state index in [-0.39, 0.29) is 5.91 Å². The molecule has 26 heavy (non-hydrogen) atoms. The fourth-order valence-corrected chi connectivity index (χ4v) is 3.20. The summed E-state index contributed by atoms with van der Waals surface area (Å²) in [7, 11) is 0. The smallest absolute Gasteiger partial charge is 0.226 e. The van der Waals surface area contributed by atoms with E-state index in [1.807, 2.05) is 54.8 Å². The molecular formula is C21H22N2O2S. The molecule has 0 aliphatic heterocycles. The second-order valence-corrected chi connectivity index (χ2v) is 7.04. The van der Waals surface area contributed by atoms with Gasteiger partial charge >= 0.3 is 0 Å². The highest BCUT2D eigenvalue weighted by atomic mass is 32.1. The topological polar surface area (TPSA) is 51.2 Å². The molecule has 0 atom stereocenters. The summed E-state index contributed by atoms with van der Waals surface area (Å²) in [5, 5.41) is 5.74. The number of nitrogens with zero attached hydrogens (tertiary/aromatic N) is 1. The Labute approximate surface area is 157 Å². The zero-order valence-electron chi connectivity index (χ0n) is 14.8. The highest BCUT2D eigenvalue weighted by molar-refractivity contribution is 7.09. The summed E-state index contributed by atoms with van der Waals surface area (Å²) >= 11 is 1.52. The minimum Gasteiger partial charge on any atom is -0.486 e. The van der Waals surface area contributed by atoms with Crippen LogP contribution in [-0.2, 0) is 24.2 Å². The van der Waals surface area contributed by atoms with Crippen molar-refractivity contribution in [3.63, 3.8) is 0 Å². The third-order valence-corrected chi connectivity index (χ3v) is 4.77. The summed E-state index contributed by atoms with van der Waals surface area (Å²) in [4.78, 5) is 16.5. The van der Waals surface area contributed by atoms with Crippen molar-refractivity contribution in [3.05, 3.63) is 81.8 Å². The molecule has 0 saturated heterocycles. The molecule has 0 radical (unpaired) electrons. The van der Waals surface area contributed by atoms with Gasteiger partial charge in [0, 0.05) is 11.9 Å². The van der Waals surface area contributed by atoms with Crippen LogP contribution in [0.25, 0.3) is 0 Å². The Morgan fingerprint density at radius 2 is 1.88 bits per heavy atom. The largest absolute Gasteiger partial charge is 0.486 e. The first-order chi connectivity index (χ1) is 12.7. The van der Waals surface area contributed by atoms with Crippen LogP contribution in [0, 0.1) is 6.92 Å². The van der Waals surface area contributed by atoms with Gasteiger partial charge in [-0.2, -0.15) is 0 Å². The number of amides is 1. The molecule has 0 spiro atoms. The number of aromatic nitrogens is 1. The Bertz CT molecular complexity index is 829. The molecule has 4 nitrogen and oxygen atoms in total. The van der Waals surface area contributed by atoms with Crippen molar-refractivity contribution < 1.29 is 9.53 Å². The summed E-state index contributed by atoms with van der Waals surface area (Å²) in [6, 6.07) is 18.1. The number of carbonyl (C=O) groups excluding carboxylic acids is 1. The lowest BCUT2D eigenvalue weighted by Crippen LogP contribution is -2.27.